The second kappa shape index (κ2) is 6.71. The molecule has 2 aromatic rings. The zero-order valence-corrected chi connectivity index (χ0v) is 15.7. The van der Waals surface area contributed by atoms with Gasteiger partial charge in [0.05, 0.1) is 0 Å². The highest BCUT2D eigenvalue weighted by atomic mass is 17.3. The molecule has 0 aromatic heterocycles. The highest BCUT2D eigenvalue weighted by Gasteiger charge is 2.61. The minimum absolute atomic E-state index is 0.396. The molecule has 0 N–H and O–H groups in total. The molecule has 3 heterocycles. The summed E-state index contributed by atoms with van der Waals surface area (Å²) in [5, 5.41) is 0. The van der Waals surface area contributed by atoms with Crippen molar-refractivity contribution in [1.29, 1.82) is 0 Å². The maximum Gasteiger partial charge on any atom is 0.230 e. The number of fused-ring (bicyclic) bond motifs is 3. The van der Waals surface area contributed by atoms with Gasteiger partial charge in [-0.15, -0.1) is 0 Å². The maximum absolute atomic E-state index is 6.47. The third kappa shape index (κ3) is 2.74. The molecular weight excluding hydrogens is 340 g/mol. The van der Waals surface area contributed by atoms with Crippen LogP contribution in [0.15, 0.2) is 54.6 Å². The normalized spacial score (nSPS) is 35.4. The molecule has 1 aliphatic carbocycles. The topological polar surface area (TPSA) is 36.9 Å². The molecule has 4 nitrogen and oxygen atoms in total. The van der Waals surface area contributed by atoms with Crippen LogP contribution in [0.1, 0.15) is 44.1 Å². The molecule has 142 valence electrons. The highest BCUT2D eigenvalue weighted by Crippen LogP contribution is 2.55. The zero-order chi connectivity index (χ0) is 18.3. The summed E-state index contributed by atoms with van der Waals surface area (Å²) in [4.78, 5) is 12.1. The molecule has 4 atom stereocenters. The first-order valence-corrected chi connectivity index (χ1v) is 9.99. The molecule has 0 radical (unpaired) electrons. The zero-order valence-electron chi connectivity index (χ0n) is 15.7. The van der Waals surface area contributed by atoms with E-state index in [0.717, 1.165) is 37.7 Å². The van der Waals surface area contributed by atoms with Gasteiger partial charge in [-0.05, 0) is 36.3 Å². The lowest BCUT2D eigenvalue weighted by molar-refractivity contribution is -0.558. The Hall–Kier alpha value is -1.72. The largest absolute Gasteiger partial charge is 0.353 e. The van der Waals surface area contributed by atoms with Crippen molar-refractivity contribution in [2.45, 2.75) is 56.2 Å². The molecule has 27 heavy (non-hydrogen) atoms. The number of hydrogen-bond acceptors (Lipinski definition) is 4. The monoisotopic (exact) mass is 366 g/mol. The van der Waals surface area contributed by atoms with E-state index >= 15 is 0 Å². The van der Waals surface area contributed by atoms with Crippen molar-refractivity contribution in [2.24, 2.45) is 5.92 Å². The second-order valence-corrected chi connectivity index (χ2v) is 7.98. The molecule has 1 unspecified atom stereocenters. The van der Waals surface area contributed by atoms with E-state index in [9.17, 15) is 0 Å². The lowest BCUT2D eigenvalue weighted by Crippen LogP contribution is -2.59. The fraction of sp³-hybridized carbons (Fsp3) is 0.478. The Morgan fingerprint density at radius 3 is 2.41 bits per heavy atom. The van der Waals surface area contributed by atoms with Gasteiger partial charge in [0, 0.05) is 19.1 Å². The van der Waals surface area contributed by atoms with Crippen LogP contribution in [0.5, 0.6) is 0 Å². The van der Waals surface area contributed by atoms with Crippen LogP contribution in [0.2, 0.25) is 0 Å². The summed E-state index contributed by atoms with van der Waals surface area (Å²) in [5.41, 5.74) is 2.90. The quantitative estimate of drug-likeness (QED) is 0.702. The van der Waals surface area contributed by atoms with Crippen LogP contribution in [0.25, 0.3) is 11.1 Å². The molecule has 1 spiro atoms. The Balaban J connectivity index is 1.48. The Kier molecular flexibility index (Phi) is 4.32. The van der Waals surface area contributed by atoms with Crippen LogP contribution < -0.4 is 0 Å². The summed E-state index contributed by atoms with van der Waals surface area (Å²) in [5.74, 6) is -0.470. The number of ether oxygens (including phenoxy) is 2. The molecule has 0 amide bonds. The molecule has 4 fully saturated rings. The van der Waals surface area contributed by atoms with Crippen molar-refractivity contribution in [3.8, 4) is 11.1 Å². The SMILES string of the molecule is CO[C@H]1O[C@]2(c3ccc(-c4ccccc4)cc3)CC[C@H]3CCCCC31OO2. The standard InChI is InChI=1S/C23H26O4/c1-24-21-22-15-6-5-9-19(22)14-16-23(25-21,27-26-22)20-12-10-18(11-13-20)17-7-3-2-4-8-17/h2-4,7-8,10-13,19,21H,5-6,9,14-16H2,1H3/t19-,21+,22?,23-/m1/s1. The van der Waals surface area contributed by atoms with E-state index in [4.69, 9.17) is 19.2 Å². The fourth-order valence-corrected chi connectivity index (χ4v) is 5.05. The second-order valence-electron chi connectivity index (χ2n) is 7.98. The van der Waals surface area contributed by atoms with Crippen LogP contribution in [0.4, 0.5) is 0 Å². The van der Waals surface area contributed by atoms with Crippen LogP contribution >= 0.6 is 0 Å². The predicted octanol–water partition coefficient (Wildman–Crippen LogP) is 5.18. The minimum Gasteiger partial charge on any atom is -0.353 e. The predicted molar refractivity (Wildman–Crippen MR) is 102 cm³/mol. The Morgan fingerprint density at radius 1 is 0.852 bits per heavy atom. The van der Waals surface area contributed by atoms with Crippen LogP contribution in [-0.2, 0) is 25.0 Å². The average Bonchev–Trinajstić information content (AvgIpc) is 3.01. The number of rotatable bonds is 3. The molecule has 4 heteroatoms. The van der Waals surface area contributed by atoms with Crippen molar-refractivity contribution < 1.29 is 19.2 Å². The third-order valence-electron chi connectivity index (χ3n) is 6.56. The van der Waals surface area contributed by atoms with E-state index in [0.29, 0.717) is 5.92 Å². The van der Waals surface area contributed by atoms with Gasteiger partial charge >= 0.3 is 0 Å². The smallest absolute Gasteiger partial charge is 0.230 e. The van der Waals surface area contributed by atoms with Crippen LogP contribution in [0, 0.1) is 5.92 Å². The van der Waals surface area contributed by atoms with Crippen molar-refractivity contribution in [3.05, 3.63) is 60.2 Å². The van der Waals surface area contributed by atoms with Gasteiger partial charge < -0.3 is 9.47 Å². The van der Waals surface area contributed by atoms with E-state index in [1.807, 2.05) is 6.07 Å². The number of benzene rings is 2. The van der Waals surface area contributed by atoms with Crippen molar-refractivity contribution in [3.63, 3.8) is 0 Å². The molecule has 2 bridgehead atoms. The summed E-state index contributed by atoms with van der Waals surface area (Å²) in [6.45, 7) is 0. The average molecular weight is 366 g/mol. The van der Waals surface area contributed by atoms with Gasteiger partial charge in [-0.25, -0.2) is 4.89 Å². The molecular formula is C23H26O4. The van der Waals surface area contributed by atoms with Crippen LogP contribution in [0.3, 0.4) is 0 Å². The fourth-order valence-electron chi connectivity index (χ4n) is 5.05. The summed E-state index contributed by atoms with van der Waals surface area (Å²) < 4.78 is 12.2. The van der Waals surface area contributed by atoms with E-state index in [1.165, 1.54) is 17.5 Å². The molecule has 2 aromatic carbocycles. The first-order chi connectivity index (χ1) is 13.3. The molecule has 1 saturated carbocycles. The number of methoxy groups -OCH3 is 1. The van der Waals surface area contributed by atoms with Gasteiger partial charge in [-0.2, -0.15) is 4.89 Å². The summed E-state index contributed by atoms with van der Waals surface area (Å²) >= 11 is 0. The van der Waals surface area contributed by atoms with E-state index in [2.05, 4.69) is 48.5 Å². The lowest BCUT2D eigenvalue weighted by Gasteiger charge is -2.49. The summed E-state index contributed by atoms with van der Waals surface area (Å²) in [6.07, 6.45) is 5.86. The Labute approximate surface area is 160 Å². The first kappa shape index (κ1) is 17.4. The molecule has 3 aliphatic heterocycles. The molecule has 6 rings (SSSR count). The van der Waals surface area contributed by atoms with Crippen LogP contribution in [-0.4, -0.2) is 19.0 Å². The maximum atomic E-state index is 6.47. The third-order valence-corrected chi connectivity index (χ3v) is 6.56. The van der Waals surface area contributed by atoms with Crippen molar-refractivity contribution >= 4 is 0 Å². The van der Waals surface area contributed by atoms with Gasteiger partial charge in [0.25, 0.3) is 0 Å². The lowest BCUT2D eigenvalue weighted by atomic mass is 9.73. The van der Waals surface area contributed by atoms with E-state index < -0.39 is 17.7 Å². The Bertz CT molecular complexity index is 786. The van der Waals surface area contributed by atoms with Gasteiger partial charge in [-0.3, -0.25) is 0 Å². The van der Waals surface area contributed by atoms with Gasteiger partial charge in [0.1, 0.15) is 0 Å². The van der Waals surface area contributed by atoms with Gasteiger partial charge in [0.15, 0.2) is 11.9 Å². The number of hydrogen-bond donors (Lipinski definition) is 0. The van der Waals surface area contributed by atoms with Gasteiger partial charge in [-0.1, -0.05) is 67.4 Å². The highest BCUT2D eigenvalue weighted by molar-refractivity contribution is 5.63. The first-order valence-electron chi connectivity index (χ1n) is 9.99. The van der Waals surface area contributed by atoms with Crippen molar-refractivity contribution in [2.75, 3.05) is 7.11 Å². The molecule has 4 aliphatic rings. The summed E-state index contributed by atoms with van der Waals surface area (Å²) in [6, 6.07) is 18.8. The van der Waals surface area contributed by atoms with Gasteiger partial charge in [0.2, 0.25) is 5.79 Å². The summed E-state index contributed by atoms with van der Waals surface area (Å²) in [7, 11) is 1.71. The molecule has 3 saturated heterocycles. The minimum atomic E-state index is -0.890. The van der Waals surface area contributed by atoms with Crippen molar-refractivity contribution in [1.82, 2.24) is 0 Å². The Morgan fingerprint density at radius 2 is 1.63 bits per heavy atom. The van der Waals surface area contributed by atoms with E-state index in [1.54, 1.807) is 7.11 Å². The van der Waals surface area contributed by atoms with E-state index in [-0.39, 0.29) is 0 Å².